The molecule has 5 nitrogen and oxygen atoms in total. The van der Waals surface area contributed by atoms with E-state index in [2.05, 4.69) is 44.4 Å². The Kier molecular flexibility index (Phi) is 7.43. The first-order valence-corrected chi connectivity index (χ1v) is 12.0. The van der Waals surface area contributed by atoms with Gasteiger partial charge in [-0.1, -0.05) is 78.0 Å². The zero-order valence-corrected chi connectivity index (χ0v) is 20.5. The van der Waals surface area contributed by atoms with Crippen molar-refractivity contribution in [3.8, 4) is 6.07 Å². The molecule has 0 radical (unpaired) electrons. The molecule has 0 saturated carbocycles. The number of thioether (sulfide) groups is 1. The van der Waals surface area contributed by atoms with Gasteiger partial charge in [-0.05, 0) is 55.9 Å². The van der Waals surface area contributed by atoms with Crippen molar-refractivity contribution >= 4 is 51.9 Å². The number of allylic oxidation sites excluding steroid dienone is 1. The number of thiocarbonyl (C=S) groups is 1. The van der Waals surface area contributed by atoms with Crippen molar-refractivity contribution in [2.45, 2.75) is 13.8 Å². The minimum Gasteiger partial charge on any atom is -0.331 e. The van der Waals surface area contributed by atoms with Gasteiger partial charge < -0.3 is 10.2 Å². The molecule has 0 saturated heterocycles. The van der Waals surface area contributed by atoms with Crippen LogP contribution in [-0.2, 0) is 0 Å². The van der Waals surface area contributed by atoms with Gasteiger partial charge in [0.1, 0.15) is 16.7 Å². The Balaban J connectivity index is 1.61. The van der Waals surface area contributed by atoms with Crippen LogP contribution in [-0.4, -0.2) is 10.8 Å². The van der Waals surface area contributed by atoms with Crippen LogP contribution in [0.4, 0.5) is 11.4 Å². The summed E-state index contributed by atoms with van der Waals surface area (Å²) in [4.78, 5) is 2.10. The molecule has 0 spiro atoms. The zero-order chi connectivity index (χ0) is 23.9. The summed E-state index contributed by atoms with van der Waals surface area (Å²) in [6, 6.07) is 30.4. The molecule has 4 rings (SSSR count). The number of nitrogens with zero attached hydrogens (tertiary/aromatic N) is 3. The molecular formula is C27H23N5S2. The molecule has 0 aliphatic carbocycles. The first kappa shape index (κ1) is 23.3. The van der Waals surface area contributed by atoms with E-state index in [1.807, 2.05) is 79.7 Å². The molecule has 1 aliphatic rings. The lowest BCUT2D eigenvalue weighted by atomic mass is 10.1. The summed E-state index contributed by atoms with van der Waals surface area (Å²) < 4.78 is 0. The van der Waals surface area contributed by atoms with Crippen LogP contribution in [0.3, 0.4) is 0 Å². The summed E-state index contributed by atoms with van der Waals surface area (Å²) in [7, 11) is 0. The number of para-hydroxylation sites is 1. The number of anilines is 2. The molecule has 2 N–H and O–H groups in total. The summed E-state index contributed by atoms with van der Waals surface area (Å²) in [5.74, 6) is 0. The highest BCUT2D eigenvalue weighted by atomic mass is 32.2. The van der Waals surface area contributed by atoms with E-state index in [1.165, 1.54) is 17.3 Å². The molecule has 7 heteroatoms. The van der Waals surface area contributed by atoms with Gasteiger partial charge in [-0.3, -0.25) is 5.43 Å². The second-order valence-electron chi connectivity index (χ2n) is 7.58. The number of aryl methyl sites for hydroxylation is 1. The second-order valence-corrected chi connectivity index (χ2v) is 8.85. The highest BCUT2D eigenvalue weighted by molar-refractivity contribution is 8.06. The maximum atomic E-state index is 10.1. The van der Waals surface area contributed by atoms with Crippen molar-refractivity contribution in [2.75, 3.05) is 10.2 Å². The van der Waals surface area contributed by atoms with Crippen LogP contribution in [0.2, 0.25) is 0 Å². The molecule has 3 aromatic carbocycles. The van der Waals surface area contributed by atoms with Gasteiger partial charge in [-0.2, -0.15) is 10.4 Å². The average molecular weight is 482 g/mol. The minimum absolute atomic E-state index is 0.354. The summed E-state index contributed by atoms with van der Waals surface area (Å²) in [6.07, 6.45) is 0. The lowest BCUT2D eigenvalue weighted by molar-refractivity contribution is 1.04. The predicted octanol–water partition coefficient (Wildman–Crippen LogP) is 6.64. The smallest absolute Gasteiger partial charge is 0.191 e. The number of hydrogen-bond acceptors (Lipinski definition) is 5. The van der Waals surface area contributed by atoms with Crippen molar-refractivity contribution < 1.29 is 0 Å². The van der Waals surface area contributed by atoms with Gasteiger partial charge in [0.2, 0.25) is 0 Å². The quantitative estimate of drug-likeness (QED) is 0.184. The third-order valence-electron chi connectivity index (χ3n) is 5.13. The number of rotatable bonds is 5. The Bertz CT molecular complexity index is 1300. The Morgan fingerprint density at radius 1 is 0.971 bits per heavy atom. The minimum atomic E-state index is 0.354. The molecule has 0 amide bonds. The monoisotopic (exact) mass is 481 g/mol. The summed E-state index contributed by atoms with van der Waals surface area (Å²) in [5, 5.41) is 20.8. The molecule has 1 aliphatic heterocycles. The lowest BCUT2D eigenvalue weighted by Crippen LogP contribution is -2.25. The van der Waals surface area contributed by atoms with Crippen molar-refractivity contribution in [3.05, 3.63) is 112 Å². The molecule has 34 heavy (non-hydrogen) atoms. The van der Waals surface area contributed by atoms with Crippen molar-refractivity contribution in [3.63, 3.8) is 0 Å². The molecule has 3 aromatic rings. The molecule has 168 valence electrons. The molecule has 0 aromatic heterocycles. The maximum Gasteiger partial charge on any atom is 0.191 e. The van der Waals surface area contributed by atoms with E-state index in [9.17, 15) is 5.26 Å². The van der Waals surface area contributed by atoms with Gasteiger partial charge in [-0.15, -0.1) is 0 Å². The fraction of sp³-hybridized carbons (Fsp3) is 0.0741. The van der Waals surface area contributed by atoms with Crippen LogP contribution in [0.5, 0.6) is 0 Å². The summed E-state index contributed by atoms with van der Waals surface area (Å²) in [6.45, 7) is 3.83. The van der Waals surface area contributed by atoms with Crippen LogP contribution in [0.1, 0.15) is 18.1 Å². The van der Waals surface area contributed by atoms with E-state index in [0.717, 1.165) is 27.7 Å². The van der Waals surface area contributed by atoms with Gasteiger partial charge in [0.05, 0.1) is 11.4 Å². The van der Waals surface area contributed by atoms with Gasteiger partial charge in [0.25, 0.3) is 0 Å². The first-order valence-electron chi connectivity index (χ1n) is 10.7. The highest BCUT2D eigenvalue weighted by Gasteiger charge is 2.28. The third-order valence-corrected chi connectivity index (χ3v) is 6.28. The van der Waals surface area contributed by atoms with Gasteiger partial charge in [0, 0.05) is 16.8 Å². The number of nitrogens with one attached hydrogen (secondary N) is 2. The number of hydrogen-bond donors (Lipinski definition) is 2. The Hall–Kier alpha value is -3.86. The average Bonchev–Trinajstić information content (AvgIpc) is 3.30. The molecule has 0 atom stereocenters. The molecular weight excluding hydrogens is 458 g/mol. The summed E-state index contributed by atoms with van der Waals surface area (Å²) >= 11 is 6.88. The van der Waals surface area contributed by atoms with Crippen molar-refractivity contribution in [1.29, 1.82) is 5.26 Å². The van der Waals surface area contributed by atoms with E-state index >= 15 is 0 Å². The van der Waals surface area contributed by atoms with Crippen LogP contribution >= 0.6 is 24.0 Å². The molecule has 0 fully saturated rings. The Labute approximate surface area is 209 Å². The Morgan fingerprint density at radius 2 is 1.62 bits per heavy atom. The third kappa shape index (κ3) is 5.37. The van der Waals surface area contributed by atoms with Crippen LogP contribution in [0.25, 0.3) is 5.70 Å². The topological polar surface area (TPSA) is 63.5 Å². The van der Waals surface area contributed by atoms with E-state index < -0.39 is 0 Å². The lowest BCUT2D eigenvalue weighted by Gasteiger charge is -2.24. The SMILES string of the molecule is CC(=N/NC(=S)Nc1ccc(C)cc1)/C(C#N)=C1\SC=C(c2ccccc2)N1c1ccccc1. The number of benzene rings is 3. The maximum absolute atomic E-state index is 10.1. The van der Waals surface area contributed by atoms with E-state index in [-0.39, 0.29) is 0 Å². The standard InChI is InChI=1S/C27H23N5S2/c1-19-13-15-22(16-14-19)29-27(33)31-30-20(2)24(17-28)26-32(23-11-7-4-8-12-23)25(18-34-26)21-9-5-3-6-10-21/h3-16,18H,1-2H3,(H2,29,31,33)/b26-24-,30-20-. The fourth-order valence-corrected chi connectivity index (χ4v) is 4.66. The predicted molar refractivity (Wildman–Crippen MR) is 147 cm³/mol. The summed E-state index contributed by atoms with van der Waals surface area (Å²) in [5.41, 5.74) is 8.97. The van der Waals surface area contributed by atoms with E-state index in [4.69, 9.17) is 12.2 Å². The van der Waals surface area contributed by atoms with Crippen LogP contribution in [0.15, 0.2) is 106 Å². The number of nitriles is 1. The molecule has 1 heterocycles. The normalized spacial score (nSPS) is 14.8. The number of hydrazone groups is 1. The van der Waals surface area contributed by atoms with E-state index in [0.29, 0.717) is 16.4 Å². The van der Waals surface area contributed by atoms with Gasteiger partial charge in [-0.25, -0.2) is 0 Å². The van der Waals surface area contributed by atoms with Gasteiger partial charge in [0.15, 0.2) is 5.11 Å². The van der Waals surface area contributed by atoms with Crippen molar-refractivity contribution in [1.82, 2.24) is 5.43 Å². The van der Waals surface area contributed by atoms with Crippen LogP contribution in [0, 0.1) is 18.3 Å². The zero-order valence-electron chi connectivity index (χ0n) is 18.8. The van der Waals surface area contributed by atoms with E-state index in [1.54, 1.807) is 6.92 Å². The van der Waals surface area contributed by atoms with Crippen LogP contribution < -0.4 is 15.6 Å². The fourth-order valence-electron chi connectivity index (χ4n) is 3.41. The first-order chi connectivity index (χ1) is 16.6. The second kappa shape index (κ2) is 10.8. The molecule has 0 bridgehead atoms. The van der Waals surface area contributed by atoms with Crippen molar-refractivity contribution in [2.24, 2.45) is 5.10 Å². The van der Waals surface area contributed by atoms with Gasteiger partial charge >= 0.3 is 0 Å². The molecule has 0 unspecified atom stereocenters. The Morgan fingerprint density at radius 3 is 2.26 bits per heavy atom. The highest BCUT2D eigenvalue weighted by Crippen LogP contribution is 2.44. The largest absolute Gasteiger partial charge is 0.331 e.